The first-order chi connectivity index (χ1) is 12.5. The summed E-state index contributed by atoms with van der Waals surface area (Å²) in [6, 6.07) is 10.5. The number of anilines is 1. The third-order valence-electron chi connectivity index (χ3n) is 3.51. The summed E-state index contributed by atoms with van der Waals surface area (Å²) >= 11 is 7.39. The number of aromatic nitrogens is 2. The number of nitrogens with zero attached hydrogens (tertiary/aromatic N) is 2. The zero-order chi connectivity index (χ0) is 18.5. The van der Waals surface area contributed by atoms with Crippen LogP contribution in [-0.2, 0) is 11.3 Å². The highest BCUT2D eigenvalue weighted by atomic mass is 35.5. The molecule has 0 atom stereocenters. The van der Waals surface area contributed by atoms with Crippen LogP contribution in [-0.4, -0.2) is 21.2 Å². The smallest absolute Gasteiger partial charge is 0.234 e. The number of imidazole rings is 1. The Morgan fingerprint density at radius 3 is 2.81 bits per heavy atom. The Morgan fingerprint density at radius 1 is 1.23 bits per heavy atom. The number of nitrogens with one attached hydrogen (secondary N) is 1. The molecule has 0 aliphatic carbocycles. The Hall–Kier alpha value is -2.38. The van der Waals surface area contributed by atoms with Gasteiger partial charge in [0, 0.05) is 23.5 Å². The Labute approximate surface area is 158 Å². The van der Waals surface area contributed by atoms with Crippen LogP contribution in [0.15, 0.2) is 60.0 Å². The van der Waals surface area contributed by atoms with Crippen molar-refractivity contribution in [2.45, 2.75) is 11.7 Å². The topological polar surface area (TPSA) is 46.9 Å². The molecular formula is C18H14ClF2N3OS. The molecule has 0 spiro atoms. The SMILES string of the molecule is O=C(CSc1nccn1Cc1ccccc1Cl)Nc1ccc(F)cc1F. The number of amides is 1. The molecule has 1 N–H and O–H groups in total. The van der Waals surface area contributed by atoms with Crippen LogP contribution in [0.1, 0.15) is 5.56 Å². The van der Waals surface area contributed by atoms with Crippen molar-refractivity contribution < 1.29 is 13.6 Å². The number of hydrogen-bond acceptors (Lipinski definition) is 3. The summed E-state index contributed by atoms with van der Waals surface area (Å²) in [6.45, 7) is 0.524. The van der Waals surface area contributed by atoms with Crippen LogP contribution in [0.25, 0.3) is 0 Å². The van der Waals surface area contributed by atoms with Gasteiger partial charge in [0.1, 0.15) is 11.6 Å². The molecule has 1 aromatic heterocycles. The molecule has 0 bridgehead atoms. The van der Waals surface area contributed by atoms with Gasteiger partial charge in [0.2, 0.25) is 5.91 Å². The monoisotopic (exact) mass is 393 g/mol. The van der Waals surface area contributed by atoms with Gasteiger partial charge in [-0.2, -0.15) is 0 Å². The average Bonchev–Trinajstić information content (AvgIpc) is 3.05. The molecular weight excluding hydrogens is 380 g/mol. The molecule has 4 nitrogen and oxygen atoms in total. The third-order valence-corrected chi connectivity index (χ3v) is 4.89. The van der Waals surface area contributed by atoms with E-state index in [0.29, 0.717) is 16.7 Å². The predicted molar refractivity (Wildman–Crippen MR) is 98.5 cm³/mol. The molecule has 1 amide bonds. The van der Waals surface area contributed by atoms with E-state index in [1.54, 1.807) is 12.4 Å². The Kier molecular flexibility index (Phi) is 5.90. The van der Waals surface area contributed by atoms with Crippen LogP contribution in [0.5, 0.6) is 0 Å². The minimum absolute atomic E-state index is 0.0380. The van der Waals surface area contributed by atoms with Gasteiger partial charge in [-0.05, 0) is 23.8 Å². The van der Waals surface area contributed by atoms with Crippen LogP contribution < -0.4 is 5.32 Å². The van der Waals surface area contributed by atoms with E-state index >= 15 is 0 Å². The van der Waals surface area contributed by atoms with E-state index in [0.717, 1.165) is 17.7 Å². The second kappa shape index (κ2) is 8.33. The van der Waals surface area contributed by atoms with Gasteiger partial charge in [0.15, 0.2) is 5.16 Å². The van der Waals surface area contributed by atoms with Crippen molar-refractivity contribution in [3.63, 3.8) is 0 Å². The van der Waals surface area contributed by atoms with Crippen molar-refractivity contribution in [2.75, 3.05) is 11.1 Å². The first kappa shape index (κ1) is 18.4. The molecule has 0 aliphatic rings. The van der Waals surface area contributed by atoms with Crippen molar-refractivity contribution in [3.05, 3.63) is 77.1 Å². The fraction of sp³-hybridized carbons (Fsp3) is 0.111. The molecule has 3 rings (SSSR count). The third kappa shape index (κ3) is 4.62. The molecule has 3 aromatic rings. The summed E-state index contributed by atoms with van der Waals surface area (Å²) in [5.74, 6) is -1.89. The van der Waals surface area contributed by atoms with Gasteiger partial charge in [-0.25, -0.2) is 13.8 Å². The highest BCUT2D eigenvalue weighted by Crippen LogP contribution is 2.22. The minimum Gasteiger partial charge on any atom is -0.323 e. The van der Waals surface area contributed by atoms with E-state index in [9.17, 15) is 13.6 Å². The molecule has 0 radical (unpaired) electrons. The number of halogens is 3. The molecule has 2 aromatic carbocycles. The van der Waals surface area contributed by atoms with Gasteiger partial charge in [0.25, 0.3) is 0 Å². The maximum atomic E-state index is 13.6. The van der Waals surface area contributed by atoms with Gasteiger partial charge in [-0.3, -0.25) is 4.79 Å². The molecule has 8 heteroatoms. The summed E-state index contributed by atoms with van der Waals surface area (Å²) in [4.78, 5) is 16.2. The molecule has 26 heavy (non-hydrogen) atoms. The fourth-order valence-corrected chi connectivity index (χ4v) is 3.23. The lowest BCUT2D eigenvalue weighted by molar-refractivity contribution is -0.113. The second-order valence-corrected chi connectivity index (χ2v) is 6.74. The molecule has 0 fully saturated rings. The van der Waals surface area contributed by atoms with Crippen LogP contribution in [0, 0.1) is 11.6 Å². The lowest BCUT2D eigenvalue weighted by atomic mass is 10.2. The summed E-state index contributed by atoms with van der Waals surface area (Å²) in [7, 11) is 0. The van der Waals surface area contributed by atoms with E-state index in [2.05, 4.69) is 10.3 Å². The summed E-state index contributed by atoms with van der Waals surface area (Å²) in [5.41, 5.74) is 0.878. The molecule has 0 aliphatic heterocycles. The molecule has 0 saturated carbocycles. The predicted octanol–water partition coefficient (Wildman–Crippen LogP) is 4.59. The van der Waals surface area contributed by atoms with Crippen molar-refractivity contribution in [1.29, 1.82) is 0 Å². The minimum atomic E-state index is -0.816. The lowest BCUT2D eigenvalue weighted by Gasteiger charge is -2.09. The van der Waals surface area contributed by atoms with Crippen molar-refractivity contribution in [1.82, 2.24) is 9.55 Å². The van der Waals surface area contributed by atoms with Crippen LogP contribution in [0.2, 0.25) is 5.02 Å². The normalized spacial score (nSPS) is 10.7. The molecule has 134 valence electrons. The van der Waals surface area contributed by atoms with E-state index in [1.165, 1.54) is 17.8 Å². The highest BCUT2D eigenvalue weighted by Gasteiger charge is 2.11. The average molecular weight is 394 g/mol. The molecule has 0 saturated heterocycles. The van der Waals surface area contributed by atoms with Crippen LogP contribution in [0.3, 0.4) is 0 Å². The lowest BCUT2D eigenvalue weighted by Crippen LogP contribution is -2.15. The standard InChI is InChI=1S/C18H14ClF2N3OS/c19-14-4-2-1-3-12(14)10-24-8-7-22-18(24)26-11-17(25)23-16-6-5-13(20)9-15(16)21/h1-9H,10-11H2,(H,23,25). The summed E-state index contributed by atoms with van der Waals surface area (Å²) in [6.07, 6.45) is 3.43. The van der Waals surface area contributed by atoms with E-state index < -0.39 is 17.5 Å². The Morgan fingerprint density at radius 2 is 2.04 bits per heavy atom. The van der Waals surface area contributed by atoms with Gasteiger partial charge in [0.05, 0.1) is 18.0 Å². The van der Waals surface area contributed by atoms with Crippen molar-refractivity contribution in [2.24, 2.45) is 0 Å². The number of thioether (sulfide) groups is 1. The van der Waals surface area contributed by atoms with E-state index in [1.807, 2.05) is 28.8 Å². The maximum absolute atomic E-state index is 13.6. The summed E-state index contributed by atoms with van der Waals surface area (Å²) < 4.78 is 28.3. The Bertz CT molecular complexity index is 932. The maximum Gasteiger partial charge on any atom is 0.234 e. The largest absolute Gasteiger partial charge is 0.323 e. The zero-order valence-electron chi connectivity index (χ0n) is 13.5. The van der Waals surface area contributed by atoms with Crippen molar-refractivity contribution >= 4 is 35.0 Å². The number of carbonyl (C=O) groups is 1. The number of rotatable bonds is 6. The van der Waals surface area contributed by atoms with Crippen molar-refractivity contribution in [3.8, 4) is 0 Å². The Balaban J connectivity index is 1.61. The highest BCUT2D eigenvalue weighted by molar-refractivity contribution is 7.99. The molecule has 1 heterocycles. The first-order valence-electron chi connectivity index (χ1n) is 7.65. The van der Waals surface area contributed by atoms with E-state index in [4.69, 9.17) is 11.6 Å². The number of benzene rings is 2. The fourth-order valence-electron chi connectivity index (χ4n) is 2.27. The van der Waals surface area contributed by atoms with Gasteiger partial charge < -0.3 is 9.88 Å². The van der Waals surface area contributed by atoms with Gasteiger partial charge in [-0.15, -0.1) is 0 Å². The van der Waals surface area contributed by atoms with Gasteiger partial charge in [-0.1, -0.05) is 41.6 Å². The van der Waals surface area contributed by atoms with Crippen LogP contribution in [0.4, 0.5) is 14.5 Å². The number of carbonyl (C=O) groups excluding carboxylic acids is 1. The first-order valence-corrected chi connectivity index (χ1v) is 9.01. The number of hydrogen-bond donors (Lipinski definition) is 1. The van der Waals surface area contributed by atoms with E-state index in [-0.39, 0.29) is 11.4 Å². The van der Waals surface area contributed by atoms with Gasteiger partial charge >= 0.3 is 0 Å². The quantitative estimate of drug-likeness (QED) is 0.623. The molecule has 0 unspecified atom stereocenters. The second-order valence-electron chi connectivity index (χ2n) is 5.39. The summed E-state index contributed by atoms with van der Waals surface area (Å²) in [5, 5.41) is 3.71. The zero-order valence-corrected chi connectivity index (χ0v) is 15.0. The van der Waals surface area contributed by atoms with Crippen LogP contribution >= 0.6 is 23.4 Å².